The molecule has 2 unspecified atom stereocenters. The molecule has 7 nitrogen and oxygen atoms in total. The quantitative estimate of drug-likeness (QED) is 0.863. The molecule has 0 radical (unpaired) electrons. The summed E-state index contributed by atoms with van der Waals surface area (Å²) in [6, 6.07) is -0.163. The minimum absolute atomic E-state index is 0.125. The molecule has 0 bridgehead atoms. The molecule has 20 heavy (non-hydrogen) atoms. The lowest BCUT2D eigenvalue weighted by atomic mass is 10.2. The van der Waals surface area contributed by atoms with Crippen molar-refractivity contribution in [2.75, 3.05) is 13.1 Å². The van der Waals surface area contributed by atoms with Gasteiger partial charge < -0.3 is 19.8 Å². The molecule has 2 aromatic rings. The zero-order valence-corrected chi connectivity index (χ0v) is 11.8. The van der Waals surface area contributed by atoms with Gasteiger partial charge in [0.15, 0.2) is 0 Å². The first-order chi connectivity index (χ1) is 9.58. The molecule has 2 atom stereocenters. The van der Waals surface area contributed by atoms with Crippen molar-refractivity contribution in [3.05, 3.63) is 37.4 Å². The molecule has 0 aliphatic heterocycles. The van der Waals surface area contributed by atoms with Crippen molar-refractivity contribution in [1.82, 2.24) is 24.0 Å². The highest BCUT2D eigenvalue weighted by Gasteiger charge is 2.18. The van der Waals surface area contributed by atoms with E-state index in [0.29, 0.717) is 13.1 Å². The van der Waals surface area contributed by atoms with Crippen LogP contribution < -0.4 is 5.73 Å². The maximum Gasteiger partial charge on any atom is 0.314 e. The largest absolute Gasteiger partial charge is 0.351 e. The topological polar surface area (TPSA) is 82.0 Å². The molecule has 2 N–H and O–H groups in total. The van der Waals surface area contributed by atoms with Gasteiger partial charge in [-0.2, -0.15) is 0 Å². The number of rotatable bonds is 6. The molecular formula is C13H20N6O. The first-order valence-electron chi connectivity index (χ1n) is 6.57. The number of amides is 2. The third kappa shape index (κ3) is 3.37. The fourth-order valence-electron chi connectivity index (χ4n) is 2.14. The Morgan fingerprint density at radius 3 is 1.85 bits per heavy atom. The van der Waals surface area contributed by atoms with Crippen LogP contribution in [0, 0.1) is 0 Å². The zero-order valence-electron chi connectivity index (χ0n) is 11.8. The molecule has 7 heteroatoms. The summed E-state index contributed by atoms with van der Waals surface area (Å²) in [5.74, 6) is 0. The van der Waals surface area contributed by atoms with Crippen LogP contribution in [0.15, 0.2) is 37.4 Å². The van der Waals surface area contributed by atoms with E-state index >= 15 is 0 Å². The summed E-state index contributed by atoms with van der Waals surface area (Å²) in [6.07, 6.45) is 10.7. The highest BCUT2D eigenvalue weighted by Crippen LogP contribution is 2.12. The van der Waals surface area contributed by atoms with E-state index in [-0.39, 0.29) is 12.1 Å². The highest BCUT2D eigenvalue weighted by molar-refractivity contribution is 5.72. The summed E-state index contributed by atoms with van der Waals surface area (Å²) >= 11 is 0. The number of hydrogen-bond acceptors (Lipinski definition) is 3. The van der Waals surface area contributed by atoms with Crippen LogP contribution in [0.5, 0.6) is 0 Å². The number of nitrogens with zero attached hydrogens (tertiary/aromatic N) is 5. The normalized spacial score (nSPS) is 13.9. The number of hydrogen-bond donors (Lipinski definition) is 1. The maximum atomic E-state index is 11.6. The molecule has 0 fully saturated rings. The van der Waals surface area contributed by atoms with Crippen LogP contribution >= 0.6 is 0 Å². The van der Waals surface area contributed by atoms with Gasteiger partial charge in [0.2, 0.25) is 0 Å². The Balaban J connectivity index is 1.99. The van der Waals surface area contributed by atoms with Gasteiger partial charge in [-0.15, -0.1) is 0 Å². The Bertz CT molecular complexity index is 479. The van der Waals surface area contributed by atoms with Gasteiger partial charge in [-0.05, 0) is 13.8 Å². The predicted octanol–water partition coefficient (Wildman–Crippen LogP) is 1.28. The number of carbonyl (C=O) groups excluding carboxylic acids is 1. The van der Waals surface area contributed by atoms with Crippen molar-refractivity contribution in [3.63, 3.8) is 0 Å². The summed E-state index contributed by atoms with van der Waals surface area (Å²) in [7, 11) is 0. The predicted molar refractivity (Wildman–Crippen MR) is 75.0 cm³/mol. The van der Waals surface area contributed by atoms with Crippen molar-refractivity contribution in [2.24, 2.45) is 5.73 Å². The number of carbonyl (C=O) groups is 1. The second-order valence-corrected chi connectivity index (χ2v) is 4.96. The summed E-state index contributed by atoms with van der Waals surface area (Å²) in [5.41, 5.74) is 5.48. The van der Waals surface area contributed by atoms with Gasteiger partial charge in [-0.3, -0.25) is 0 Å². The first-order valence-corrected chi connectivity index (χ1v) is 6.57. The third-order valence-corrected chi connectivity index (χ3v) is 3.35. The van der Waals surface area contributed by atoms with Gasteiger partial charge in [-0.25, -0.2) is 14.8 Å². The lowest BCUT2D eigenvalue weighted by Gasteiger charge is -2.27. The summed E-state index contributed by atoms with van der Waals surface area (Å²) < 4.78 is 3.91. The molecule has 0 saturated carbocycles. The summed E-state index contributed by atoms with van der Waals surface area (Å²) in [4.78, 5) is 21.3. The van der Waals surface area contributed by atoms with E-state index in [1.165, 1.54) is 0 Å². The molecule has 2 aromatic heterocycles. The Morgan fingerprint density at radius 2 is 1.55 bits per heavy atom. The third-order valence-electron chi connectivity index (χ3n) is 3.35. The van der Waals surface area contributed by atoms with Crippen molar-refractivity contribution in [3.8, 4) is 0 Å². The molecule has 0 saturated heterocycles. The summed E-state index contributed by atoms with van der Waals surface area (Å²) in [6.45, 7) is 5.15. The van der Waals surface area contributed by atoms with E-state index in [1.807, 2.05) is 35.4 Å². The fourth-order valence-corrected chi connectivity index (χ4v) is 2.14. The average Bonchev–Trinajstić information content (AvgIpc) is 3.10. The van der Waals surface area contributed by atoms with Crippen LogP contribution in [0.4, 0.5) is 4.79 Å². The lowest BCUT2D eigenvalue weighted by Crippen LogP contribution is -2.42. The Kier molecular flexibility index (Phi) is 4.39. The van der Waals surface area contributed by atoms with Crippen LogP contribution in [-0.4, -0.2) is 43.1 Å². The second kappa shape index (κ2) is 6.23. The number of aromatic nitrogens is 4. The number of primary amides is 1. The molecule has 2 rings (SSSR count). The van der Waals surface area contributed by atoms with E-state index in [1.54, 1.807) is 29.9 Å². The van der Waals surface area contributed by atoms with E-state index in [9.17, 15) is 4.79 Å². The number of imidazole rings is 2. The maximum absolute atomic E-state index is 11.6. The van der Waals surface area contributed by atoms with Gasteiger partial charge in [0.25, 0.3) is 0 Å². The second-order valence-electron chi connectivity index (χ2n) is 4.96. The minimum atomic E-state index is -0.413. The van der Waals surface area contributed by atoms with Crippen molar-refractivity contribution in [1.29, 1.82) is 0 Å². The van der Waals surface area contributed by atoms with E-state index in [4.69, 9.17) is 5.73 Å². The van der Waals surface area contributed by atoms with Crippen LogP contribution in [0.1, 0.15) is 25.9 Å². The minimum Gasteiger partial charge on any atom is -0.351 e. The van der Waals surface area contributed by atoms with E-state index in [2.05, 4.69) is 9.97 Å². The van der Waals surface area contributed by atoms with Crippen LogP contribution in [0.3, 0.4) is 0 Å². The lowest BCUT2D eigenvalue weighted by molar-refractivity contribution is 0.189. The molecule has 2 amide bonds. The Labute approximate surface area is 118 Å². The Hall–Kier alpha value is -2.31. The number of nitrogens with two attached hydrogens (primary N) is 1. The van der Waals surface area contributed by atoms with E-state index < -0.39 is 6.03 Å². The van der Waals surface area contributed by atoms with Crippen LogP contribution in [0.2, 0.25) is 0 Å². The van der Waals surface area contributed by atoms with Crippen LogP contribution in [-0.2, 0) is 0 Å². The molecule has 0 spiro atoms. The highest BCUT2D eigenvalue weighted by atomic mass is 16.2. The zero-order chi connectivity index (χ0) is 14.5. The monoisotopic (exact) mass is 276 g/mol. The molecular weight excluding hydrogens is 256 g/mol. The smallest absolute Gasteiger partial charge is 0.314 e. The first kappa shape index (κ1) is 14.1. The van der Waals surface area contributed by atoms with Crippen molar-refractivity contribution < 1.29 is 4.79 Å². The van der Waals surface area contributed by atoms with Gasteiger partial charge >= 0.3 is 6.03 Å². The van der Waals surface area contributed by atoms with Crippen molar-refractivity contribution in [2.45, 2.75) is 25.9 Å². The average molecular weight is 276 g/mol. The van der Waals surface area contributed by atoms with Gasteiger partial charge in [0, 0.05) is 50.0 Å². The van der Waals surface area contributed by atoms with Gasteiger partial charge in [0.05, 0.1) is 12.7 Å². The van der Waals surface area contributed by atoms with Gasteiger partial charge in [0.1, 0.15) is 0 Å². The Morgan fingerprint density at radius 1 is 1.10 bits per heavy atom. The fraction of sp³-hybridized carbons (Fsp3) is 0.462. The number of urea groups is 1. The van der Waals surface area contributed by atoms with Gasteiger partial charge in [-0.1, -0.05) is 0 Å². The van der Waals surface area contributed by atoms with Crippen LogP contribution in [0.25, 0.3) is 0 Å². The summed E-state index contributed by atoms with van der Waals surface area (Å²) in [5, 5.41) is 0. The molecule has 108 valence electrons. The van der Waals surface area contributed by atoms with E-state index in [0.717, 1.165) is 0 Å². The molecule has 0 aliphatic rings. The standard InChI is InChI=1S/C13H20N6O/c1-11(17-5-3-15-9-17)7-19(13(14)20)8-12(2)18-6-4-16-10-18/h3-6,9-12H,7-8H2,1-2H3,(H2,14,20). The van der Waals surface area contributed by atoms with Crippen molar-refractivity contribution >= 4 is 6.03 Å². The molecule has 0 aromatic carbocycles. The molecule has 0 aliphatic carbocycles. The molecule has 2 heterocycles. The SMILES string of the molecule is CC(CN(CC(C)n1ccnc1)C(N)=O)n1ccnc1.